The molecule has 0 nitrogen and oxygen atoms in total. The van der Waals surface area contributed by atoms with Crippen LogP contribution in [-0.4, -0.2) is 0 Å². The lowest BCUT2D eigenvalue weighted by atomic mass is 9.91. The number of allylic oxidation sites excluding steroid dienone is 1. The van der Waals surface area contributed by atoms with E-state index in [2.05, 4.69) is 27.4 Å². The second-order valence-corrected chi connectivity index (χ2v) is 2.91. The van der Waals surface area contributed by atoms with Crippen molar-refractivity contribution in [1.29, 1.82) is 0 Å². The maximum absolute atomic E-state index is 4.06. The number of hydrogen-bond acceptors (Lipinski definition) is 0. The Bertz CT molecular complexity index is 92.2. The highest BCUT2D eigenvalue weighted by molar-refractivity contribution is 4.98. The Labute approximate surface area is 79.1 Å². The molecule has 0 aliphatic carbocycles. The summed E-state index contributed by atoms with van der Waals surface area (Å²) in [6.45, 7) is 14.8. The first-order valence-corrected chi connectivity index (χ1v) is 5.43. The minimum absolute atomic E-state index is 0.787. The van der Waals surface area contributed by atoms with Gasteiger partial charge in [0.1, 0.15) is 0 Å². The third-order valence-corrected chi connectivity index (χ3v) is 2.16. The molecular formula is C12H26. The van der Waals surface area contributed by atoms with Crippen LogP contribution in [-0.2, 0) is 0 Å². The first kappa shape index (κ1) is 14.3. The lowest BCUT2D eigenvalue weighted by Crippen LogP contribution is -2.00. The Morgan fingerprint density at radius 2 is 1.67 bits per heavy atom. The number of hydrogen-bond donors (Lipinski definition) is 0. The summed E-state index contributed by atoms with van der Waals surface area (Å²) in [6.07, 6.45) is 5.03. The quantitative estimate of drug-likeness (QED) is 0.520. The van der Waals surface area contributed by atoms with Crippen LogP contribution in [0.3, 0.4) is 0 Å². The largest absolute Gasteiger partial charge is 0.0996 e. The SMILES string of the molecule is C=C(CC)C(CC)CCC.CC. The van der Waals surface area contributed by atoms with E-state index in [1.165, 1.54) is 24.8 Å². The average molecular weight is 170 g/mol. The normalized spacial score (nSPS) is 11.4. The molecule has 0 bridgehead atoms. The highest BCUT2D eigenvalue weighted by Gasteiger charge is 2.06. The molecule has 1 atom stereocenters. The summed E-state index contributed by atoms with van der Waals surface area (Å²) in [5.74, 6) is 0.787. The average Bonchev–Trinajstić information content (AvgIpc) is 2.16. The zero-order valence-electron chi connectivity index (χ0n) is 9.61. The van der Waals surface area contributed by atoms with Gasteiger partial charge < -0.3 is 0 Å². The summed E-state index contributed by atoms with van der Waals surface area (Å²) < 4.78 is 0. The van der Waals surface area contributed by atoms with E-state index < -0.39 is 0 Å². The second kappa shape index (κ2) is 10.7. The first-order valence-electron chi connectivity index (χ1n) is 5.43. The second-order valence-electron chi connectivity index (χ2n) is 2.91. The van der Waals surface area contributed by atoms with E-state index in [4.69, 9.17) is 0 Å². The van der Waals surface area contributed by atoms with Crippen molar-refractivity contribution in [2.24, 2.45) is 5.92 Å². The Morgan fingerprint density at radius 3 is 1.92 bits per heavy atom. The van der Waals surface area contributed by atoms with Crippen molar-refractivity contribution in [1.82, 2.24) is 0 Å². The van der Waals surface area contributed by atoms with Crippen LogP contribution in [0.25, 0.3) is 0 Å². The van der Waals surface area contributed by atoms with Gasteiger partial charge in [-0.2, -0.15) is 0 Å². The predicted octanol–water partition coefficient (Wildman–Crippen LogP) is 4.81. The molecule has 0 heterocycles. The molecule has 0 aromatic carbocycles. The van der Waals surface area contributed by atoms with Crippen LogP contribution in [0.2, 0.25) is 0 Å². The van der Waals surface area contributed by atoms with Crippen molar-refractivity contribution in [3.05, 3.63) is 12.2 Å². The molecule has 0 heteroatoms. The van der Waals surface area contributed by atoms with Crippen LogP contribution in [0.1, 0.15) is 60.3 Å². The Morgan fingerprint density at radius 1 is 1.17 bits per heavy atom. The van der Waals surface area contributed by atoms with Crippen LogP contribution in [0.4, 0.5) is 0 Å². The van der Waals surface area contributed by atoms with Crippen LogP contribution < -0.4 is 0 Å². The lowest BCUT2D eigenvalue weighted by molar-refractivity contribution is 0.523. The lowest BCUT2D eigenvalue weighted by Gasteiger charge is -2.14. The fourth-order valence-electron chi connectivity index (χ4n) is 1.33. The molecule has 0 N–H and O–H groups in total. The Kier molecular flexibility index (Phi) is 12.8. The summed E-state index contributed by atoms with van der Waals surface area (Å²) >= 11 is 0. The molecule has 0 rings (SSSR count). The molecule has 74 valence electrons. The third-order valence-electron chi connectivity index (χ3n) is 2.16. The van der Waals surface area contributed by atoms with Crippen molar-refractivity contribution < 1.29 is 0 Å². The zero-order valence-corrected chi connectivity index (χ0v) is 9.61. The Hall–Kier alpha value is -0.260. The van der Waals surface area contributed by atoms with Gasteiger partial charge in [0.05, 0.1) is 0 Å². The van der Waals surface area contributed by atoms with Gasteiger partial charge in [-0.15, -0.1) is 0 Å². The Balaban J connectivity index is 0. The molecule has 0 aromatic heterocycles. The maximum Gasteiger partial charge on any atom is -0.0209 e. The van der Waals surface area contributed by atoms with Crippen molar-refractivity contribution in [2.75, 3.05) is 0 Å². The van der Waals surface area contributed by atoms with Crippen LogP contribution >= 0.6 is 0 Å². The fraction of sp³-hybridized carbons (Fsp3) is 0.833. The summed E-state index contributed by atoms with van der Waals surface area (Å²) in [5.41, 5.74) is 1.43. The molecule has 1 unspecified atom stereocenters. The van der Waals surface area contributed by atoms with E-state index >= 15 is 0 Å². The highest BCUT2D eigenvalue weighted by atomic mass is 14.1. The smallest absolute Gasteiger partial charge is 0.0209 e. The minimum Gasteiger partial charge on any atom is -0.0996 e. The van der Waals surface area contributed by atoms with Crippen molar-refractivity contribution in [3.63, 3.8) is 0 Å². The van der Waals surface area contributed by atoms with Gasteiger partial charge >= 0.3 is 0 Å². The van der Waals surface area contributed by atoms with Gasteiger partial charge in [0, 0.05) is 0 Å². The predicted molar refractivity (Wildman–Crippen MR) is 59.5 cm³/mol. The van der Waals surface area contributed by atoms with Gasteiger partial charge in [-0.25, -0.2) is 0 Å². The molecule has 0 saturated carbocycles. The molecule has 0 saturated heterocycles. The number of rotatable bonds is 5. The van der Waals surface area contributed by atoms with Crippen molar-refractivity contribution in [3.8, 4) is 0 Å². The van der Waals surface area contributed by atoms with E-state index in [1.807, 2.05) is 13.8 Å². The van der Waals surface area contributed by atoms with Gasteiger partial charge in [-0.3, -0.25) is 0 Å². The molecule has 0 aromatic rings. The molecule has 0 amide bonds. The summed E-state index contributed by atoms with van der Waals surface area (Å²) in [4.78, 5) is 0. The van der Waals surface area contributed by atoms with Gasteiger partial charge in [0.15, 0.2) is 0 Å². The standard InChI is InChI=1S/C10H20.C2H6/c1-5-8-10(7-3)9(4)6-2;1-2/h10H,4-8H2,1-3H3;1-2H3. The van der Waals surface area contributed by atoms with Gasteiger partial charge in [0.25, 0.3) is 0 Å². The van der Waals surface area contributed by atoms with Crippen LogP contribution in [0.5, 0.6) is 0 Å². The maximum atomic E-state index is 4.06. The molecular weight excluding hydrogens is 144 g/mol. The molecule has 12 heavy (non-hydrogen) atoms. The van der Waals surface area contributed by atoms with Crippen LogP contribution in [0, 0.1) is 5.92 Å². The molecule has 0 aliphatic heterocycles. The summed E-state index contributed by atoms with van der Waals surface area (Å²) in [6, 6.07) is 0. The summed E-state index contributed by atoms with van der Waals surface area (Å²) in [7, 11) is 0. The summed E-state index contributed by atoms with van der Waals surface area (Å²) in [5, 5.41) is 0. The van der Waals surface area contributed by atoms with E-state index in [9.17, 15) is 0 Å². The van der Waals surface area contributed by atoms with E-state index in [0.29, 0.717) is 0 Å². The van der Waals surface area contributed by atoms with Crippen molar-refractivity contribution >= 4 is 0 Å². The van der Waals surface area contributed by atoms with E-state index in [1.54, 1.807) is 0 Å². The fourth-order valence-corrected chi connectivity index (χ4v) is 1.33. The van der Waals surface area contributed by atoms with Gasteiger partial charge in [-0.05, 0) is 25.2 Å². The van der Waals surface area contributed by atoms with E-state index in [0.717, 1.165) is 12.3 Å². The molecule has 0 radical (unpaired) electrons. The first-order chi connectivity index (χ1) is 5.76. The highest BCUT2D eigenvalue weighted by Crippen LogP contribution is 2.21. The minimum atomic E-state index is 0.787. The third kappa shape index (κ3) is 6.45. The molecule has 0 fully saturated rings. The van der Waals surface area contributed by atoms with E-state index in [-0.39, 0.29) is 0 Å². The zero-order chi connectivity index (χ0) is 9.98. The monoisotopic (exact) mass is 170 g/mol. The van der Waals surface area contributed by atoms with Crippen molar-refractivity contribution in [2.45, 2.75) is 60.3 Å². The van der Waals surface area contributed by atoms with Gasteiger partial charge in [-0.1, -0.05) is 53.2 Å². The van der Waals surface area contributed by atoms with Crippen LogP contribution in [0.15, 0.2) is 12.2 Å². The molecule has 0 spiro atoms. The topological polar surface area (TPSA) is 0 Å². The van der Waals surface area contributed by atoms with Gasteiger partial charge in [0.2, 0.25) is 0 Å². The molecule has 0 aliphatic rings.